The lowest BCUT2D eigenvalue weighted by Gasteiger charge is -2.35. The minimum absolute atomic E-state index is 0.137. The van der Waals surface area contributed by atoms with Crippen molar-refractivity contribution in [1.82, 2.24) is 30.8 Å². The molecule has 2 aromatic heterocycles. The van der Waals surface area contributed by atoms with Gasteiger partial charge in [0.1, 0.15) is 6.04 Å². The fraction of sp³-hybridized carbons (Fsp3) is 0.381. The van der Waals surface area contributed by atoms with Crippen molar-refractivity contribution < 1.29 is 9.32 Å². The summed E-state index contributed by atoms with van der Waals surface area (Å²) in [7, 11) is 0. The Morgan fingerprint density at radius 2 is 1.97 bits per heavy atom. The molecule has 0 radical (unpaired) electrons. The van der Waals surface area contributed by atoms with Crippen molar-refractivity contribution >= 4 is 33.2 Å². The van der Waals surface area contributed by atoms with Crippen LogP contribution in [0.4, 0.5) is 0 Å². The van der Waals surface area contributed by atoms with Crippen LogP contribution in [0.25, 0.3) is 10.7 Å². The summed E-state index contributed by atoms with van der Waals surface area (Å²) in [4.78, 5) is 22.7. The molecule has 10 heteroatoms. The van der Waals surface area contributed by atoms with E-state index in [-0.39, 0.29) is 18.0 Å². The van der Waals surface area contributed by atoms with Gasteiger partial charge in [-0.1, -0.05) is 39.3 Å². The van der Waals surface area contributed by atoms with E-state index in [9.17, 15) is 4.79 Å². The summed E-state index contributed by atoms with van der Waals surface area (Å²) in [5.74, 6) is 1.41. The number of nitrogens with one attached hydrogen (secondary N) is 2. The van der Waals surface area contributed by atoms with Crippen LogP contribution in [-0.2, 0) is 11.3 Å². The fourth-order valence-electron chi connectivity index (χ4n) is 3.99. The van der Waals surface area contributed by atoms with Crippen LogP contribution in [-0.4, -0.2) is 58.1 Å². The number of halogens is 1. The molecule has 2 aliphatic rings. The van der Waals surface area contributed by atoms with E-state index in [4.69, 9.17) is 4.52 Å². The predicted molar refractivity (Wildman–Crippen MR) is 121 cm³/mol. The Hall–Kier alpha value is -2.11. The third-order valence-electron chi connectivity index (χ3n) is 5.73. The number of nitrogens with zero attached hydrogens (tertiary/aromatic N) is 4. The number of hydrogen-bond acceptors (Lipinski definition) is 8. The highest BCUT2D eigenvalue weighted by Gasteiger charge is 2.34. The number of amides is 1. The van der Waals surface area contributed by atoms with Gasteiger partial charge in [0.15, 0.2) is 0 Å². The molecule has 5 rings (SSSR count). The molecule has 2 saturated heterocycles. The zero-order chi connectivity index (χ0) is 21.2. The number of hydrogen-bond donors (Lipinski definition) is 2. The molecule has 1 aromatic carbocycles. The molecule has 2 atom stereocenters. The second-order valence-electron chi connectivity index (χ2n) is 7.77. The second kappa shape index (κ2) is 9.17. The Bertz CT molecular complexity index is 1020. The molecule has 2 N–H and O–H groups in total. The van der Waals surface area contributed by atoms with Crippen LogP contribution < -0.4 is 10.9 Å². The molecule has 0 spiro atoms. The summed E-state index contributed by atoms with van der Waals surface area (Å²) < 4.78 is 6.46. The molecule has 0 aliphatic carbocycles. The first kappa shape index (κ1) is 20.8. The number of thiophene rings is 1. The van der Waals surface area contributed by atoms with Crippen molar-refractivity contribution in [2.24, 2.45) is 0 Å². The Kier molecular flexibility index (Phi) is 6.15. The van der Waals surface area contributed by atoms with Gasteiger partial charge in [0.25, 0.3) is 0 Å². The average Bonchev–Trinajstić information content (AvgIpc) is 3.56. The highest BCUT2D eigenvalue weighted by atomic mass is 79.9. The van der Waals surface area contributed by atoms with Gasteiger partial charge in [-0.15, -0.1) is 11.3 Å². The van der Waals surface area contributed by atoms with Crippen molar-refractivity contribution in [3.05, 3.63) is 57.7 Å². The fourth-order valence-corrected chi connectivity index (χ4v) is 4.91. The number of rotatable bonds is 5. The highest BCUT2D eigenvalue weighted by Crippen LogP contribution is 2.25. The average molecular weight is 503 g/mol. The van der Waals surface area contributed by atoms with Crippen LogP contribution in [0, 0.1) is 0 Å². The number of piperazine rings is 1. The van der Waals surface area contributed by atoms with Crippen molar-refractivity contribution in [2.45, 2.75) is 25.0 Å². The predicted octanol–water partition coefficient (Wildman–Crippen LogP) is 2.81. The number of carbonyl (C=O) groups is 1. The van der Waals surface area contributed by atoms with Crippen LogP contribution in [0.3, 0.4) is 0 Å². The van der Waals surface area contributed by atoms with Gasteiger partial charge in [-0.05, 0) is 35.6 Å². The topological polar surface area (TPSA) is 86.5 Å². The summed E-state index contributed by atoms with van der Waals surface area (Å²) in [5, 5.41) is 6.07. The zero-order valence-corrected chi connectivity index (χ0v) is 19.2. The van der Waals surface area contributed by atoms with Gasteiger partial charge in [0.05, 0.1) is 11.4 Å². The lowest BCUT2D eigenvalue weighted by molar-refractivity contribution is -0.135. The smallest absolute Gasteiger partial charge is 0.241 e. The first-order valence-corrected chi connectivity index (χ1v) is 12.0. The van der Waals surface area contributed by atoms with E-state index in [1.165, 1.54) is 5.56 Å². The van der Waals surface area contributed by atoms with E-state index in [0.717, 1.165) is 28.9 Å². The Balaban J connectivity index is 1.11. The molecule has 3 aromatic rings. The van der Waals surface area contributed by atoms with E-state index < -0.39 is 0 Å². The molecule has 1 amide bonds. The molecular formula is C21H23BrN6O2S. The van der Waals surface area contributed by atoms with E-state index in [0.29, 0.717) is 31.3 Å². The maximum absolute atomic E-state index is 13.0. The normalized spacial score (nSPS) is 22.2. The molecule has 2 aliphatic heterocycles. The van der Waals surface area contributed by atoms with Crippen LogP contribution in [0.15, 0.2) is 50.8 Å². The molecule has 4 heterocycles. The lowest BCUT2D eigenvalue weighted by atomic mass is 10.0. The maximum Gasteiger partial charge on any atom is 0.241 e. The third-order valence-corrected chi connectivity index (χ3v) is 7.12. The van der Waals surface area contributed by atoms with Crippen LogP contribution in [0.2, 0.25) is 0 Å². The van der Waals surface area contributed by atoms with Crippen molar-refractivity contribution in [1.29, 1.82) is 0 Å². The minimum atomic E-state index is -0.204. The SMILES string of the molecule is O=C(C1CC(c2ccc(Br)cc2)NN1)N1CCN(Cc2nc(-c3cccs3)no2)CC1. The third kappa shape index (κ3) is 4.73. The maximum atomic E-state index is 13.0. The van der Waals surface area contributed by atoms with Gasteiger partial charge in [-0.3, -0.25) is 9.69 Å². The lowest BCUT2D eigenvalue weighted by Crippen LogP contribution is -2.53. The summed E-state index contributed by atoms with van der Waals surface area (Å²) in [6, 6.07) is 12.1. The van der Waals surface area contributed by atoms with Gasteiger partial charge in [0, 0.05) is 36.7 Å². The van der Waals surface area contributed by atoms with Gasteiger partial charge >= 0.3 is 0 Å². The van der Waals surface area contributed by atoms with E-state index >= 15 is 0 Å². The van der Waals surface area contributed by atoms with Gasteiger partial charge < -0.3 is 9.42 Å². The van der Waals surface area contributed by atoms with Gasteiger partial charge in [0.2, 0.25) is 17.6 Å². The van der Waals surface area contributed by atoms with E-state index in [1.54, 1.807) is 11.3 Å². The Morgan fingerprint density at radius 3 is 2.71 bits per heavy atom. The minimum Gasteiger partial charge on any atom is -0.339 e. The Labute approximate surface area is 192 Å². The molecule has 31 heavy (non-hydrogen) atoms. The van der Waals surface area contributed by atoms with Crippen LogP contribution in [0.5, 0.6) is 0 Å². The number of carbonyl (C=O) groups excluding carboxylic acids is 1. The summed E-state index contributed by atoms with van der Waals surface area (Å²) in [5.41, 5.74) is 7.63. The van der Waals surface area contributed by atoms with E-state index in [2.05, 4.69) is 54.0 Å². The highest BCUT2D eigenvalue weighted by molar-refractivity contribution is 9.10. The van der Waals surface area contributed by atoms with E-state index in [1.807, 2.05) is 34.5 Å². The van der Waals surface area contributed by atoms with Crippen LogP contribution in [0.1, 0.15) is 23.9 Å². The zero-order valence-electron chi connectivity index (χ0n) is 16.8. The first-order chi connectivity index (χ1) is 15.2. The molecule has 2 fully saturated rings. The molecule has 2 unspecified atom stereocenters. The summed E-state index contributed by atoms with van der Waals surface area (Å²) in [6.45, 7) is 3.59. The first-order valence-electron chi connectivity index (χ1n) is 10.3. The van der Waals surface area contributed by atoms with Crippen molar-refractivity contribution in [2.75, 3.05) is 26.2 Å². The number of aromatic nitrogens is 2. The second-order valence-corrected chi connectivity index (χ2v) is 9.63. The summed E-state index contributed by atoms with van der Waals surface area (Å²) in [6.07, 6.45) is 0.744. The monoisotopic (exact) mass is 502 g/mol. The van der Waals surface area contributed by atoms with Crippen molar-refractivity contribution in [3.8, 4) is 10.7 Å². The van der Waals surface area contributed by atoms with Crippen molar-refractivity contribution in [3.63, 3.8) is 0 Å². The number of hydrazine groups is 1. The molecular weight excluding hydrogens is 480 g/mol. The molecule has 0 bridgehead atoms. The Morgan fingerprint density at radius 1 is 1.16 bits per heavy atom. The quantitative estimate of drug-likeness (QED) is 0.554. The van der Waals surface area contributed by atoms with Gasteiger partial charge in [-0.25, -0.2) is 10.9 Å². The van der Waals surface area contributed by atoms with Crippen LogP contribution >= 0.6 is 27.3 Å². The molecule has 0 saturated carbocycles. The molecule has 8 nitrogen and oxygen atoms in total. The summed E-state index contributed by atoms with van der Waals surface area (Å²) >= 11 is 5.06. The van der Waals surface area contributed by atoms with Gasteiger partial charge in [-0.2, -0.15) is 4.98 Å². The largest absolute Gasteiger partial charge is 0.339 e. The number of benzene rings is 1. The standard InChI is InChI=1S/C21H23BrN6O2S/c22-15-5-3-14(4-6-15)16-12-17(25-24-16)21(29)28-9-7-27(8-10-28)13-19-23-20(26-30-19)18-2-1-11-31-18/h1-6,11,16-17,24-25H,7-10,12-13H2. The molecule has 162 valence electrons.